The van der Waals surface area contributed by atoms with Gasteiger partial charge in [0, 0.05) is 12.7 Å². The van der Waals surface area contributed by atoms with Crippen molar-refractivity contribution in [2.75, 3.05) is 18.9 Å². The Labute approximate surface area is 198 Å². The summed E-state index contributed by atoms with van der Waals surface area (Å²) in [7, 11) is 1.47. The van der Waals surface area contributed by atoms with Crippen LogP contribution in [-0.4, -0.2) is 47.1 Å². The molecule has 178 valence electrons. The molecule has 3 aromatic carbocycles. The third kappa shape index (κ3) is 6.48. The van der Waals surface area contributed by atoms with E-state index in [1.807, 2.05) is 36.4 Å². The number of likely N-dealkylation sites (N-methyl/N-ethyl adjacent to an activating group) is 1. The first-order valence-corrected chi connectivity index (χ1v) is 10.8. The molecule has 8 nitrogen and oxygen atoms in total. The highest BCUT2D eigenvalue weighted by molar-refractivity contribution is 6.00. The summed E-state index contributed by atoms with van der Waals surface area (Å²) in [5, 5.41) is 17.2. The molecule has 0 saturated heterocycles. The number of carbonyl (C=O) groups excluding carboxylic acids is 3. The zero-order chi connectivity index (χ0) is 24.9. The summed E-state index contributed by atoms with van der Waals surface area (Å²) in [6, 6.07) is 18.4. The van der Waals surface area contributed by atoms with E-state index < -0.39 is 29.6 Å². The fraction of sp³-hybridized carbons (Fsp3) is 0.269. The largest absolute Gasteiger partial charge is 0.508 e. The third-order valence-electron chi connectivity index (χ3n) is 5.01. The van der Waals surface area contributed by atoms with Crippen molar-refractivity contribution in [3.8, 4) is 5.75 Å². The van der Waals surface area contributed by atoms with Crippen molar-refractivity contribution in [3.05, 3.63) is 72.3 Å². The molecule has 0 aliphatic rings. The topological polar surface area (TPSA) is 108 Å². The summed E-state index contributed by atoms with van der Waals surface area (Å²) < 4.78 is 5.16. The molecule has 3 N–H and O–H groups in total. The number of hydrogen-bond acceptors (Lipinski definition) is 5. The number of phenolic OH excluding ortho intramolecular Hbond substituents is 1. The van der Waals surface area contributed by atoms with Crippen LogP contribution in [0.1, 0.15) is 32.4 Å². The first-order chi connectivity index (χ1) is 16.0. The second kappa shape index (κ2) is 10.2. The fourth-order valence-electron chi connectivity index (χ4n) is 3.45. The molecule has 1 atom stereocenters. The number of carbonyl (C=O) groups is 3. The Kier molecular flexibility index (Phi) is 7.40. The Hall–Kier alpha value is -4.07. The Balaban J connectivity index is 1.80. The van der Waals surface area contributed by atoms with Gasteiger partial charge in [-0.1, -0.05) is 42.5 Å². The number of hydrogen-bond donors (Lipinski definition) is 3. The van der Waals surface area contributed by atoms with Crippen molar-refractivity contribution in [2.45, 2.75) is 32.4 Å². The highest BCUT2D eigenvalue weighted by atomic mass is 16.6. The second-order valence-electron chi connectivity index (χ2n) is 8.91. The van der Waals surface area contributed by atoms with E-state index >= 15 is 0 Å². The Bertz CT molecular complexity index is 1200. The molecule has 0 bridgehead atoms. The van der Waals surface area contributed by atoms with Crippen molar-refractivity contribution in [2.24, 2.45) is 0 Å². The minimum atomic E-state index is -1.05. The predicted octanol–water partition coefficient (Wildman–Crippen LogP) is 4.21. The zero-order valence-corrected chi connectivity index (χ0v) is 19.7. The molecule has 3 amide bonds. The number of benzene rings is 3. The summed E-state index contributed by atoms with van der Waals surface area (Å²) in [6.07, 6.45) is -0.733. The number of amides is 3. The number of rotatable bonds is 6. The summed E-state index contributed by atoms with van der Waals surface area (Å²) in [5.41, 5.74) is 0.288. The molecule has 0 saturated carbocycles. The zero-order valence-electron chi connectivity index (χ0n) is 19.7. The molecule has 0 radical (unpaired) electrons. The molecule has 3 rings (SSSR count). The lowest BCUT2D eigenvalue weighted by molar-refractivity contribution is -0.136. The summed E-state index contributed by atoms with van der Waals surface area (Å²) >= 11 is 0. The van der Waals surface area contributed by atoms with Crippen LogP contribution in [0.15, 0.2) is 66.7 Å². The second-order valence-corrected chi connectivity index (χ2v) is 8.91. The smallest absolute Gasteiger partial charge is 0.408 e. The molecule has 3 aromatic rings. The van der Waals surface area contributed by atoms with Crippen molar-refractivity contribution in [3.63, 3.8) is 0 Å². The third-order valence-corrected chi connectivity index (χ3v) is 5.01. The lowest BCUT2D eigenvalue weighted by Gasteiger charge is -2.28. The highest BCUT2D eigenvalue weighted by Crippen LogP contribution is 2.26. The number of alkyl carbamates (subject to hydrolysis) is 1. The Morgan fingerprint density at radius 1 is 0.971 bits per heavy atom. The van der Waals surface area contributed by atoms with Gasteiger partial charge >= 0.3 is 6.09 Å². The summed E-state index contributed by atoms with van der Waals surface area (Å²) in [6.45, 7) is 4.80. The van der Waals surface area contributed by atoms with Gasteiger partial charge < -0.3 is 25.4 Å². The first kappa shape index (κ1) is 24.6. The van der Waals surface area contributed by atoms with E-state index in [2.05, 4.69) is 10.6 Å². The minimum Gasteiger partial charge on any atom is -0.508 e. The van der Waals surface area contributed by atoms with Gasteiger partial charge in [-0.25, -0.2) is 4.79 Å². The lowest BCUT2D eigenvalue weighted by Crippen LogP contribution is -2.44. The number of nitrogens with zero attached hydrogens (tertiary/aromatic N) is 1. The normalized spacial score (nSPS) is 12.0. The molecule has 0 aromatic heterocycles. The first-order valence-electron chi connectivity index (χ1n) is 10.8. The number of anilines is 1. The highest BCUT2D eigenvalue weighted by Gasteiger charge is 2.29. The standard InChI is InChI=1S/C26H29N3O5/c1-26(2,3)34-25(33)27-16-22(31)29(4)23(19-10-7-11-21(30)15-19)24(32)28-20-13-12-17-8-5-6-9-18(17)14-20/h5-15,23,30H,16H2,1-4H3,(H,27,33)(H,28,32). The van der Waals surface area contributed by atoms with Crippen molar-refractivity contribution in [1.82, 2.24) is 10.2 Å². The van der Waals surface area contributed by atoms with Crippen LogP contribution in [0.4, 0.5) is 10.5 Å². The van der Waals surface area contributed by atoms with Gasteiger partial charge in [-0.2, -0.15) is 0 Å². The number of aromatic hydroxyl groups is 1. The molecule has 0 fully saturated rings. The van der Waals surface area contributed by atoms with Crippen molar-refractivity contribution < 1.29 is 24.2 Å². The maximum absolute atomic E-state index is 13.3. The number of fused-ring (bicyclic) bond motifs is 1. The molecule has 8 heteroatoms. The SMILES string of the molecule is CN(C(=O)CNC(=O)OC(C)(C)C)C(C(=O)Nc1ccc2ccccc2c1)c1cccc(O)c1. The van der Waals surface area contributed by atoms with E-state index in [9.17, 15) is 19.5 Å². The van der Waals surface area contributed by atoms with Crippen LogP contribution in [0, 0.1) is 0 Å². The van der Waals surface area contributed by atoms with Crippen LogP contribution in [0.5, 0.6) is 5.75 Å². The molecule has 0 spiro atoms. The van der Waals surface area contributed by atoms with E-state index in [0.29, 0.717) is 11.3 Å². The average Bonchev–Trinajstić information content (AvgIpc) is 2.76. The van der Waals surface area contributed by atoms with Crippen molar-refractivity contribution >= 4 is 34.4 Å². The van der Waals surface area contributed by atoms with Gasteiger partial charge in [0.15, 0.2) is 0 Å². The van der Waals surface area contributed by atoms with Crippen LogP contribution < -0.4 is 10.6 Å². The number of ether oxygens (including phenoxy) is 1. The lowest BCUT2D eigenvalue weighted by atomic mass is 10.0. The number of nitrogens with one attached hydrogen (secondary N) is 2. The molecule has 1 unspecified atom stereocenters. The van der Waals surface area contributed by atoms with Gasteiger partial charge in [0.1, 0.15) is 23.9 Å². The average molecular weight is 464 g/mol. The summed E-state index contributed by atoms with van der Waals surface area (Å²) in [5.74, 6) is -1.00. The molecule has 0 aliphatic carbocycles. The van der Waals surface area contributed by atoms with Crippen LogP contribution in [0.3, 0.4) is 0 Å². The van der Waals surface area contributed by atoms with E-state index in [4.69, 9.17) is 4.74 Å². The molecule has 0 aliphatic heterocycles. The van der Waals surface area contributed by atoms with Crippen LogP contribution in [0.2, 0.25) is 0 Å². The van der Waals surface area contributed by atoms with E-state index in [0.717, 1.165) is 10.8 Å². The number of phenols is 1. The Morgan fingerprint density at radius 2 is 1.68 bits per heavy atom. The monoisotopic (exact) mass is 463 g/mol. The van der Waals surface area contributed by atoms with Crippen molar-refractivity contribution in [1.29, 1.82) is 0 Å². The fourth-order valence-corrected chi connectivity index (χ4v) is 3.45. The van der Waals surface area contributed by atoms with Gasteiger partial charge in [-0.05, 0) is 61.4 Å². The van der Waals surface area contributed by atoms with Gasteiger partial charge in [0.25, 0.3) is 5.91 Å². The van der Waals surface area contributed by atoms with Crippen LogP contribution in [0.25, 0.3) is 10.8 Å². The van der Waals surface area contributed by atoms with E-state index in [1.54, 1.807) is 39.0 Å². The van der Waals surface area contributed by atoms with Gasteiger partial charge in [-0.3, -0.25) is 9.59 Å². The predicted molar refractivity (Wildman–Crippen MR) is 130 cm³/mol. The molecular weight excluding hydrogens is 434 g/mol. The van der Waals surface area contributed by atoms with Crippen LogP contribution in [-0.2, 0) is 14.3 Å². The quantitative estimate of drug-likeness (QED) is 0.508. The maximum Gasteiger partial charge on any atom is 0.408 e. The molecular formula is C26H29N3O5. The van der Waals surface area contributed by atoms with Gasteiger partial charge in [0.2, 0.25) is 5.91 Å². The van der Waals surface area contributed by atoms with Gasteiger partial charge in [0.05, 0.1) is 0 Å². The van der Waals surface area contributed by atoms with Gasteiger partial charge in [-0.15, -0.1) is 0 Å². The maximum atomic E-state index is 13.3. The van der Waals surface area contributed by atoms with E-state index in [1.165, 1.54) is 24.1 Å². The minimum absolute atomic E-state index is 0.0336. The molecule has 0 heterocycles. The summed E-state index contributed by atoms with van der Waals surface area (Å²) in [4.78, 5) is 39.4. The van der Waals surface area contributed by atoms with Crippen LogP contribution >= 0.6 is 0 Å². The van der Waals surface area contributed by atoms with E-state index in [-0.39, 0.29) is 12.3 Å². The Morgan fingerprint density at radius 3 is 2.35 bits per heavy atom. The molecule has 34 heavy (non-hydrogen) atoms.